The molecule has 2 unspecified atom stereocenters. The topological polar surface area (TPSA) is 60.8 Å². The molecule has 1 saturated heterocycles. The Balaban J connectivity index is 2.97. The van der Waals surface area contributed by atoms with Crippen LogP contribution in [0.2, 0.25) is 0 Å². The van der Waals surface area contributed by atoms with E-state index in [-0.39, 0.29) is 12.1 Å². The number of hydrogen-bond acceptors (Lipinski definition) is 2. The first-order chi connectivity index (χ1) is 7.58. The molecule has 0 radical (unpaired) electrons. The van der Waals surface area contributed by atoms with Crippen LogP contribution in [0.15, 0.2) is 0 Å². The molecule has 1 rings (SSSR count). The smallest absolute Gasteiger partial charge is 0.407 e. The number of hydrogen-bond donors (Lipinski definition) is 2. The van der Waals surface area contributed by atoms with Gasteiger partial charge in [0.1, 0.15) is 0 Å². The summed E-state index contributed by atoms with van der Waals surface area (Å²) in [6.45, 7) is 4.85. The number of piperidine rings is 1. The molecule has 4 nitrogen and oxygen atoms in total. The standard InChI is InChI=1S/C12H23NO3/c1-3-10(2)12(7-9-14)6-4-5-8-13(12)11(15)16/h10,14H,3-9H2,1-2H3,(H,15,16). The summed E-state index contributed by atoms with van der Waals surface area (Å²) in [5.74, 6) is 0.302. The van der Waals surface area contributed by atoms with Crippen LogP contribution in [0.3, 0.4) is 0 Å². The van der Waals surface area contributed by atoms with Crippen molar-refractivity contribution < 1.29 is 15.0 Å². The summed E-state index contributed by atoms with van der Waals surface area (Å²) in [5.41, 5.74) is -0.340. The predicted molar refractivity (Wildman–Crippen MR) is 62.5 cm³/mol. The van der Waals surface area contributed by atoms with E-state index in [9.17, 15) is 15.0 Å². The first-order valence-electron chi connectivity index (χ1n) is 6.20. The molecule has 0 aliphatic carbocycles. The molecule has 0 spiro atoms. The molecule has 4 heteroatoms. The molecular weight excluding hydrogens is 206 g/mol. The third-order valence-electron chi connectivity index (χ3n) is 4.08. The summed E-state index contributed by atoms with van der Waals surface area (Å²) in [6.07, 6.45) is 3.56. The molecule has 0 aromatic rings. The highest BCUT2D eigenvalue weighted by atomic mass is 16.4. The van der Waals surface area contributed by atoms with E-state index in [2.05, 4.69) is 13.8 Å². The summed E-state index contributed by atoms with van der Waals surface area (Å²) >= 11 is 0. The number of likely N-dealkylation sites (tertiary alicyclic amines) is 1. The highest BCUT2D eigenvalue weighted by Crippen LogP contribution is 2.39. The van der Waals surface area contributed by atoms with Gasteiger partial charge in [-0.2, -0.15) is 0 Å². The number of rotatable bonds is 4. The van der Waals surface area contributed by atoms with Crippen molar-refractivity contribution in [2.24, 2.45) is 5.92 Å². The Morgan fingerprint density at radius 1 is 1.50 bits per heavy atom. The van der Waals surface area contributed by atoms with E-state index in [1.807, 2.05) is 0 Å². The minimum atomic E-state index is -0.839. The average molecular weight is 229 g/mol. The van der Waals surface area contributed by atoms with Gasteiger partial charge in [0.25, 0.3) is 0 Å². The molecule has 16 heavy (non-hydrogen) atoms. The van der Waals surface area contributed by atoms with Crippen LogP contribution >= 0.6 is 0 Å². The molecule has 0 aromatic heterocycles. The number of aliphatic hydroxyl groups excluding tert-OH is 1. The van der Waals surface area contributed by atoms with Crippen molar-refractivity contribution in [3.8, 4) is 0 Å². The Labute approximate surface area is 97.3 Å². The van der Waals surface area contributed by atoms with Crippen molar-refractivity contribution in [3.63, 3.8) is 0 Å². The lowest BCUT2D eigenvalue weighted by Gasteiger charge is -2.49. The van der Waals surface area contributed by atoms with Crippen molar-refractivity contribution >= 4 is 6.09 Å². The van der Waals surface area contributed by atoms with Gasteiger partial charge in [0.05, 0.1) is 5.54 Å². The third kappa shape index (κ3) is 2.32. The zero-order chi connectivity index (χ0) is 12.2. The first kappa shape index (κ1) is 13.3. The molecule has 94 valence electrons. The van der Waals surface area contributed by atoms with Crippen LogP contribution in [0.1, 0.15) is 46.0 Å². The minimum absolute atomic E-state index is 0.0636. The monoisotopic (exact) mass is 229 g/mol. The van der Waals surface area contributed by atoms with Crippen molar-refractivity contribution in [2.75, 3.05) is 13.2 Å². The largest absolute Gasteiger partial charge is 0.465 e. The molecular formula is C12H23NO3. The average Bonchev–Trinajstić information content (AvgIpc) is 2.28. The number of aliphatic hydroxyl groups is 1. The van der Waals surface area contributed by atoms with Crippen LogP contribution in [-0.2, 0) is 0 Å². The Bertz CT molecular complexity index is 240. The maximum Gasteiger partial charge on any atom is 0.407 e. The van der Waals surface area contributed by atoms with Gasteiger partial charge >= 0.3 is 6.09 Å². The number of nitrogens with zero attached hydrogens (tertiary/aromatic N) is 1. The molecule has 2 atom stereocenters. The fourth-order valence-electron chi connectivity index (χ4n) is 2.94. The second kappa shape index (κ2) is 5.53. The second-order valence-corrected chi connectivity index (χ2v) is 4.78. The SMILES string of the molecule is CCC(C)C1(CCO)CCCCN1C(=O)O. The minimum Gasteiger partial charge on any atom is -0.465 e. The number of amides is 1. The van der Waals surface area contributed by atoms with Gasteiger partial charge in [-0.3, -0.25) is 0 Å². The summed E-state index contributed by atoms with van der Waals surface area (Å²) in [5, 5.41) is 18.5. The lowest BCUT2D eigenvalue weighted by Crippen LogP contribution is -2.58. The highest BCUT2D eigenvalue weighted by molar-refractivity contribution is 5.66. The fourth-order valence-corrected chi connectivity index (χ4v) is 2.94. The van der Waals surface area contributed by atoms with Gasteiger partial charge in [-0.1, -0.05) is 20.3 Å². The molecule has 1 aliphatic rings. The molecule has 1 fully saturated rings. The van der Waals surface area contributed by atoms with Gasteiger partial charge in [0, 0.05) is 13.2 Å². The summed E-state index contributed by atoms with van der Waals surface area (Å²) in [7, 11) is 0. The maximum absolute atomic E-state index is 11.3. The van der Waals surface area contributed by atoms with E-state index in [1.54, 1.807) is 4.90 Å². The molecule has 0 aromatic carbocycles. The quantitative estimate of drug-likeness (QED) is 0.777. The Kier molecular flexibility index (Phi) is 4.59. The van der Waals surface area contributed by atoms with Crippen LogP contribution in [0.5, 0.6) is 0 Å². The Morgan fingerprint density at radius 2 is 2.19 bits per heavy atom. The van der Waals surface area contributed by atoms with E-state index >= 15 is 0 Å². The first-order valence-corrected chi connectivity index (χ1v) is 6.20. The van der Waals surface area contributed by atoms with Crippen LogP contribution < -0.4 is 0 Å². The molecule has 1 aliphatic heterocycles. The predicted octanol–water partition coefficient (Wildman–Crippen LogP) is 2.32. The lowest BCUT2D eigenvalue weighted by atomic mass is 9.73. The number of carbonyl (C=O) groups is 1. The van der Waals surface area contributed by atoms with E-state index in [1.165, 1.54) is 0 Å². The van der Waals surface area contributed by atoms with E-state index in [0.717, 1.165) is 25.7 Å². The van der Waals surface area contributed by atoms with Crippen LogP contribution in [-0.4, -0.2) is 39.9 Å². The van der Waals surface area contributed by atoms with Crippen molar-refractivity contribution in [2.45, 2.75) is 51.5 Å². The molecule has 1 heterocycles. The van der Waals surface area contributed by atoms with Crippen molar-refractivity contribution in [3.05, 3.63) is 0 Å². The maximum atomic E-state index is 11.3. The Hall–Kier alpha value is -0.770. The molecule has 0 saturated carbocycles. The third-order valence-corrected chi connectivity index (χ3v) is 4.08. The fraction of sp³-hybridized carbons (Fsp3) is 0.917. The van der Waals surface area contributed by atoms with Gasteiger partial charge in [0.15, 0.2) is 0 Å². The number of carboxylic acid groups (broad SMARTS) is 1. The summed E-state index contributed by atoms with van der Waals surface area (Å²) < 4.78 is 0. The zero-order valence-corrected chi connectivity index (χ0v) is 10.3. The highest BCUT2D eigenvalue weighted by Gasteiger charge is 2.44. The second-order valence-electron chi connectivity index (χ2n) is 4.78. The van der Waals surface area contributed by atoms with E-state index in [4.69, 9.17) is 0 Å². The van der Waals surface area contributed by atoms with E-state index in [0.29, 0.717) is 18.9 Å². The van der Waals surface area contributed by atoms with Crippen molar-refractivity contribution in [1.29, 1.82) is 0 Å². The van der Waals surface area contributed by atoms with Gasteiger partial charge in [-0.15, -0.1) is 0 Å². The van der Waals surface area contributed by atoms with Gasteiger partial charge in [-0.25, -0.2) is 4.79 Å². The van der Waals surface area contributed by atoms with Gasteiger partial charge < -0.3 is 15.1 Å². The summed E-state index contributed by atoms with van der Waals surface area (Å²) in [6, 6.07) is 0. The lowest BCUT2D eigenvalue weighted by molar-refractivity contribution is -0.00520. The van der Waals surface area contributed by atoms with Crippen LogP contribution in [0.25, 0.3) is 0 Å². The normalized spacial score (nSPS) is 27.8. The Morgan fingerprint density at radius 3 is 2.69 bits per heavy atom. The van der Waals surface area contributed by atoms with Gasteiger partial charge in [-0.05, 0) is 31.6 Å². The zero-order valence-electron chi connectivity index (χ0n) is 10.3. The summed E-state index contributed by atoms with van der Waals surface area (Å²) in [4.78, 5) is 12.9. The van der Waals surface area contributed by atoms with Crippen LogP contribution in [0, 0.1) is 5.92 Å². The van der Waals surface area contributed by atoms with Crippen LogP contribution in [0.4, 0.5) is 4.79 Å². The van der Waals surface area contributed by atoms with E-state index < -0.39 is 6.09 Å². The molecule has 0 bridgehead atoms. The molecule has 2 N–H and O–H groups in total. The molecule has 1 amide bonds. The van der Waals surface area contributed by atoms with Crippen molar-refractivity contribution in [1.82, 2.24) is 4.90 Å². The van der Waals surface area contributed by atoms with Gasteiger partial charge in [0.2, 0.25) is 0 Å².